The number of aliphatic hydroxyl groups excluding tert-OH is 5. The lowest BCUT2D eigenvalue weighted by atomic mass is 9.98. The molecular weight excluding hydrogens is 540 g/mol. The van der Waals surface area contributed by atoms with Crippen LogP contribution in [0.5, 0.6) is 5.75 Å². The number of aromatic hydroxyl groups is 1. The van der Waals surface area contributed by atoms with Crippen molar-refractivity contribution in [3.05, 3.63) is 71.8 Å². The molecule has 2 aliphatic rings. The second kappa shape index (κ2) is 14.3. The van der Waals surface area contributed by atoms with Gasteiger partial charge in [0.25, 0.3) is 0 Å². The summed E-state index contributed by atoms with van der Waals surface area (Å²) >= 11 is 0. The Balaban J connectivity index is 1.43. The van der Waals surface area contributed by atoms with Crippen molar-refractivity contribution in [2.24, 2.45) is 0 Å². The van der Waals surface area contributed by atoms with E-state index in [1.54, 1.807) is 36.4 Å². The smallest absolute Gasteiger partial charge is 0.331 e. The van der Waals surface area contributed by atoms with Gasteiger partial charge in [-0.3, -0.25) is 0 Å². The molecule has 0 amide bonds. The SMILES string of the molecule is C[C@@H]1O[C@@H](OC[C@H]2O[C@@H](OCCc3ccc(O)cc3)[C@H](O)[C@@H](O)[C@@H]2OC(=O)/C=C/c2ccccc2)[C@H](O)[C@H](O)[C@H]1O. The third-order valence-corrected chi connectivity index (χ3v) is 6.95. The average molecular weight is 577 g/mol. The lowest BCUT2D eigenvalue weighted by Gasteiger charge is -2.43. The van der Waals surface area contributed by atoms with Crippen LogP contribution >= 0.6 is 0 Å². The van der Waals surface area contributed by atoms with E-state index in [1.807, 2.05) is 6.07 Å². The summed E-state index contributed by atoms with van der Waals surface area (Å²) in [5, 5.41) is 61.4. The Morgan fingerprint density at radius 2 is 1.49 bits per heavy atom. The van der Waals surface area contributed by atoms with Crippen LogP contribution in [0.2, 0.25) is 0 Å². The maximum Gasteiger partial charge on any atom is 0.331 e. The first-order chi connectivity index (χ1) is 19.6. The van der Waals surface area contributed by atoms with Gasteiger partial charge in [-0.05, 0) is 42.7 Å². The zero-order valence-corrected chi connectivity index (χ0v) is 22.4. The second-order valence-corrected chi connectivity index (χ2v) is 9.97. The standard InChI is InChI=1S/C29H36O12/c1-16-22(32)23(33)25(35)29(39-16)38-15-20-27(41-21(31)12-9-17-5-3-2-4-6-17)24(34)26(36)28(40-20)37-14-13-18-7-10-19(30)11-8-18/h2-12,16,20,22-30,32-36H,13-15H2,1H3/b12-9+/t16-,20+,22-,23+,24+,25+,26+,27+,28+,29+/m0/s1. The van der Waals surface area contributed by atoms with Gasteiger partial charge in [0, 0.05) is 6.08 Å². The van der Waals surface area contributed by atoms with Crippen LogP contribution < -0.4 is 0 Å². The van der Waals surface area contributed by atoms with E-state index in [1.165, 1.54) is 31.2 Å². The Hall–Kier alpha value is -2.91. The highest BCUT2D eigenvalue weighted by molar-refractivity contribution is 5.87. The van der Waals surface area contributed by atoms with E-state index in [4.69, 9.17) is 23.7 Å². The molecule has 10 atom stereocenters. The van der Waals surface area contributed by atoms with Crippen LogP contribution in [-0.2, 0) is 34.9 Å². The van der Waals surface area contributed by atoms with E-state index in [9.17, 15) is 35.4 Å². The fourth-order valence-corrected chi connectivity index (χ4v) is 4.52. The number of carbonyl (C=O) groups excluding carboxylic acids is 1. The van der Waals surface area contributed by atoms with E-state index in [2.05, 4.69) is 0 Å². The first-order valence-electron chi connectivity index (χ1n) is 13.3. The van der Waals surface area contributed by atoms with Gasteiger partial charge in [0.1, 0.15) is 42.4 Å². The number of phenolic OH excluding ortho intramolecular Hbond substituents is 1. The van der Waals surface area contributed by atoms with Crippen LogP contribution in [-0.4, -0.2) is 111 Å². The number of aliphatic hydroxyl groups is 5. The molecule has 41 heavy (non-hydrogen) atoms. The lowest BCUT2D eigenvalue weighted by molar-refractivity contribution is -0.328. The van der Waals surface area contributed by atoms with Crippen molar-refractivity contribution < 1.29 is 59.1 Å². The molecule has 4 rings (SSSR count). The van der Waals surface area contributed by atoms with Crippen molar-refractivity contribution in [1.82, 2.24) is 0 Å². The minimum absolute atomic E-state index is 0.0864. The van der Waals surface area contributed by atoms with Gasteiger partial charge >= 0.3 is 5.97 Å². The zero-order chi connectivity index (χ0) is 29.5. The van der Waals surface area contributed by atoms with Gasteiger partial charge in [-0.1, -0.05) is 42.5 Å². The molecule has 12 heteroatoms. The molecule has 2 fully saturated rings. The molecule has 2 aromatic rings. The quantitative estimate of drug-likeness (QED) is 0.163. The number of ether oxygens (including phenoxy) is 5. The molecule has 224 valence electrons. The Kier molecular flexibility index (Phi) is 10.8. The molecule has 0 spiro atoms. The molecule has 2 aromatic carbocycles. The van der Waals surface area contributed by atoms with Crippen LogP contribution in [0.15, 0.2) is 60.7 Å². The summed E-state index contributed by atoms with van der Waals surface area (Å²) < 4.78 is 28.1. The minimum atomic E-state index is -1.63. The predicted octanol–water partition coefficient (Wildman–Crippen LogP) is -0.133. The van der Waals surface area contributed by atoms with Crippen LogP contribution in [0.25, 0.3) is 6.08 Å². The number of rotatable bonds is 10. The number of esters is 1. The second-order valence-electron chi connectivity index (χ2n) is 9.97. The molecule has 6 N–H and O–H groups in total. The molecule has 2 heterocycles. The van der Waals surface area contributed by atoms with Gasteiger partial charge in [-0.15, -0.1) is 0 Å². The number of carbonyl (C=O) groups is 1. The van der Waals surface area contributed by atoms with E-state index in [-0.39, 0.29) is 12.4 Å². The Bertz CT molecular complexity index is 1130. The monoisotopic (exact) mass is 576 g/mol. The first kappa shape index (κ1) is 31.0. The molecule has 0 unspecified atom stereocenters. The Labute approximate surface area is 236 Å². The van der Waals surface area contributed by atoms with E-state index >= 15 is 0 Å². The molecule has 0 radical (unpaired) electrons. The first-order valence-corrected chi connectivity index (χ1v) is 13.3. The van der Waals surface area contributed by atoms with E-state index in [0.717, 1.165) is 11.1 Å². The fourth-order valence-electron chi connectivity index (χ4n) is 4.52. The molecule has 0 saturated carbocycles. The molecule has 2 saturated heterocycles. The molecule has 0 aromatic heterocycles. The number of phenols is 1. The predicted molar refractivity (Wildman–Crippen MR) is 142 cm³/mol. The Morgan fingerprint density at radius 1 is 0.829 bits per heavy atom. The number of hydrogen-bond donors (Lipinski definition) is 6. The maximum atomic E-state index is 12.6. The highest BCUT2D eigenvalue weighted by atomic mass is 16.7. The highest BCUT2D eigenvalue weighted by Gasteiger charge is 2.49. The molecular formula is C29H36O12. The third-order valence-electron chi connectivity index (χ3n) is 6.95. The molecule has 2 aliphatic heterocycles. The minimum Gasteiger partial charge on any atom is -0.508 e. The van der Waals surface area contributed by atoms with Crippen LogP contribution in [0, 0.1) is 0 Å². The number of hydrogen-bond acceptors (Lipinski definition) is 12. The summed E-state index contributed by atoms with van der Waals surface area (Å²) in [6.45, 7) is 1.18. The summed E-state index contributed by atoms with van der Waals surface area (Å²) in [5.74, 6) is -0.694. The van der Waals surface area contributed by atoms with Gasteiger partial charge in [0.2, 0.25) is 0 Å². The molecule has 12 nitrogen and oxygen atoms in total. The van der Waals surface area contributed by atoms with Gasteiger partial charge in [-0.25, -0.2) is 4.79 Å². The topological polar surface area (TPSA) is 185 Å². The third kappa shape index (κ3) is 8.10. The van der Waals surface area contributed by atoms with Crippen molar-refractivity contribution in [3.63, 3.8) is 0 Å². The highest BCUT2D eigenvalue weighted by Crippen LogP contribution is 2.28. The van der Waals surface area contributed by atoms with Crippen LogP contribution in [0.3, 0.4) is 0 Å². The fraction of sp³-hybridized carbons (Fsp3) is 0.483. The van der Waals surface area contributed by atoms with E-state index in [0.29, 0.717) is 6.42 Å². The lowest BCUT2D eigenvalue weighted by Crippen LogP contribution is -2.62. The largest absolute Gasteiger partial charge is 0.508 e. The summed E-state index contributed by atoms with van der Waals surface area (Å²) in [4.78, 5) is 12.6. The normalized spacial score (nSPS) is 34.0. The zero-order valence-electron chi connectivity index (χ0n) is 22.4. The molecule has 0 bridgehead atoms. The van der Waals surface area contributed by atoms with Crippen molar-refractivity contribution in [1.29, 1.82) is 0 Å². The number of benzene rings is 2. The maximum absolute atomic E-state index is 12.6. The van der Waals surface area contributed by atoms with Crippen molar-refractivity contribution >= 4 is 12.0 Å². The Morgan fingerprint density at radius 3 is 2.20 bits per heavy atom. The summed E-state index contributed by atoms with van der Waals surface area (Å²) in [6, 6.07) is 15.5. The van der Waals surface area contributed by atoms with Crippen molar-refractivity contribution in [3.8, 4) is 5.75 Å². The van der Waals surface area contributed by atoms with Gasteiger partial charge < -0.3 is 54.3 Å². The van der Waals surface area contributed by atoms with Crippen molar-refractivity contribution in [2.75, 3.05) is 13.2 Å². The van der Waals surface area contributed by atoms with Crippen LogP contribution in [0.4, 0.5) is 0 Å². The molecule has 0 aliphatic carbocycles. The average Bonchev–Trinajstić information content (AvgIpc) is 2.97. The summed E-state index contributed by atoms with van der Waals surface area (Å²) in [5.41, 5.74) is 1.59. The summed E-state index contributed by atoms with van der Waals surface area (Å²) in [7, 11) is 0. The van der Waals surface area contributed by atoms with Crippen molar-refractivity contribution in [2.45, 2.75) is 74.8 Å². The van der Waals surface area contributed by atoms with Gasteiger partial charge in [-0.2, -0.15) is 0 Å². The summed E-state index contributed by atoms with van der Waals surface area (Å²) in [6.07, 6.45) is -10.7. The van der Waals surface area contributed by atoms with Gasteiger partial charge in [0.15, 0.2) is 18.7 Å². The van der Waals surface area contributed by atoms with E-state index < -0.39 is 74.0 Å². The van der Waals surface area contributed by atoms with Gasteiger partial charge in [0.05, 0.1) is 19.3 Å². The van der Waals surface area contributed by atoms with Crippen LogP contribution in [0.1, 0.15) is 18.1 Å².